The highest BCUT2D eigenvalue weighted by atomic mass is 16.4. The van der Waals surface area contributed by atoms with Crippen LogP contribution in [0.5, 0.6) is 0 Å². The second-order valence-corrected chi connectivity index (χ2v) is 10.6. The minimum absolute atomic E-state index is 0.0737. The van der Waals surface area contributed by atoms with Crippen molar-refractivity contribution in [3.05, 3.63) is 36.0 Å². The first-order valence-electron chi connectivity index (χ1n) is 13.9. The SMILES string of the molecule is CCC(C)C(NC(=O)C(N)C(C)C)C(=O)NC(Cc1c[nH]c2ccccc12)C(=O)NC(CCCN=C(N)N)C(=O)O. The summed E-state index contributed by atoms with van der Waals surface area (Å²) in [6, 6.07) is 3.37. The largest absolute Gasteiger partial charge is 0.480 e. The van der Waals surface area contributed by atoms with Crippen LogP contribution in [0.25, 0.3) is 10.9 Å². The van der Waals surface area contributed by atoms with Crippen LogP contribution in [-0.4, -0.2) is 70.5 Å². The fourth-order valence-electron chi connectivity index (χ4n) is 4.28. The van der Waals surface area contributed by atoms with E-state index in [0.717, 1.165) is 16.5 Å². The van der Waals surface area contributed by atoms with E-state index in [1.807, 2.05) is 38.1 Å². The van der Waals surface area contributed by atoms with Gasteiger partial charge in [0.2, 0.25) is 17.7 Å². The zero-order valence-electron chi connectivity index (χ0n) is 24.1. The van der Waals surface area contributed by atoms with Crippen LogP contribution in [0.4, 0.5) is 0 Å². The van der Waals surface area contributed by atoms with Crippen LogP contribution >= 0.6 is 0 Å². The Balaban J connectivity index is 2.32. The Morgan fingerprint density at radius 2 is 1.63 bits per heavy atom. The number of rotatable bonds is 16. The maximum Gasteiger partial charge on any atom is 0.326 e. The molecule has 0 aliphatic rings. The van der Waals surface area contributed by atoms with E-state index < -0.39 is 47.9 Å². The Hall–Kier alpha value is -4.13. The van der Waals surface area contributed by atoms with Gasteiger partial charge in [-0.3, -0.25) is 19.4 Å². The Labute approximate surface area is 240 Å². The zero-order valence-corrected chi connectivity index (χ0v) is 24.1. The Morgan fingerprint density at radius 1 is 0.976 bits per heavy atom. The fourth-order valence-corrected chi connectivity index (χ4v) is 4.28. The molecule has 11 N–H and O–H groups in total. The summed E-state index contributed by atoms with van der Waals surface area (Å²) >= 11 is 0. The maximum atomic E-state index is 13.6. The van der Waals surface area contributed by atoms with Gasteiger partial charge in [-0.2, -0.15) is 0 Å². The van der Waals surface area contributed by atoms with Crippen molar-refractivity contribution >= 4 is 40.6 Å². The summed E-state index contributed by atoms with van der Waals surface area (Å²) in [7, 11) is 0. The third-order valence-corrected chi connectivity index (χ3v) is 7.11. The Morgan fingerprint density at radius 3 is 2.24 bits per heavy atom. The normalized spacial score (nSPS) is 14.9. The van der Waals surface area contributed by atoms with Crippen LogP contribution < -0.4 is 33.2 Å². The molecule has 13 heteroatoms. The van der Waals surface area contributed by atoms with Gasteiger partial charge >= 0.3 is 5.97 Å². The molecule has 0 radical (unpaired) electrons. The van der Waals surface area contributed by atoms with E-state index >= 15 is 0 Å². The number of aliphatic carboxylic acids is 1. The van der Waals surface area contributed by atoms with Gasteiger partial charge in [0.1, 0.15) is 18.1 Å². The number of nitrogens with two attached hydrogens (primary N) is 3. The van der Waals surface area contributed by atoms with Gasteiger partial charge in [-0.1, -0.05) is 52.3 Å². The maximum absolute atomic E-state index is 13.6. The first kappa shape index (κ1) is 33.1. The number of benzene rings is 1. The van der Waals surface area contributed by atoms with Crippen molar-refractivity contribution < 1.29 is 24.3 Å². The molecule has 0 saturated heterocycles. The highest BCUT2D eigenvalue weighted by Crippen LogP contribution is 2.20. The predicted molar refractivity (Wildman–Crippen MR) is 158 cm³/mol. The van der Waals surface area contributed by atoms with Gasteiger partial charge in [0.05, 0.1) is 6.04 Å². The second-order valence-electron chi connectivity index (χ2n) is 10.6. The quantitative estimate of drug-likeness (QED) is 0.0791. The van der Waals surface area contributed by atoms with Gasteiger partial charge in [0.15, 0.2) is 5.96 Å². The molecular weight excluding hydrogens is 528 g/mol. The molecule has 226 valence electrons. The lowest BCUT2D eigenvalue weighted by atomic mass is 9.95. The number of guanidine groups is 1. The molecule has 41 heavy (non-hydrogen) atoms. The molecule has 0 spiro atoms. The minimum atomic E-state index is -1.23. The lowest BCUT2D eigenvalue weighted by molar-refractivity contribution is -0.142. The number of hydrogen-bond acceptors (Lipinski definition) is 6. The van der Waals surface area contributed by atoms with Crippen molar-refractivity contribution in [2.45, 2.75) is 77.5 Å². The fraction of sp³-hybridized carbons (Fsp3) is 0.536. The highest BCUT2D eigenvalue weighted by molar-refractivity contribution is 5.95. The minimum Gasteiger partial charge on any atom is -0.480 e. The van der Waals surface area contributed by atoms with Crippen molar-refractivity contribution in [1.29, 1.82) is 0 Å². The predicted octanol–water partition coefficient (Wildman–Crippen LogP) is 0.332. The number of H-pyrrole nitrogens is 1. The number of fused-ring (bicyclic) bond motifs is 1. The molecule has 2 rings (SSSR count). The number of carboxylic acid groups (broad SMARTS) is 1. The number of nitrogens with zero attached hydrogens (tertiary/aromatic N) is 1. The van der Waals surface area contributed by atoms with Crippen molar-refractivity contribution in [2.75, 3.05) is 6.54 Å². The number of hydrogen-bond donors (Lipinski definition) is 8. The van der Waals surface area contributed by atoms with Gasteiger partial charge in [0.25, 0.3) is 0 Å². The van der Waals surface area contributed by atoms with E-state index in [-0.39, 0.29) is 37.2 Å². The standard InChI is InChI=1S/C28H44N8O5/c1-5-16(4)23(36-25(38)22(29)15(2)3)26(39)35-21(13-17-14-33-19-10-7-6-9-18(17)19)24(37)34-20(27(40)41)11-8-12-32-28(30)31/h6-7,9-10,14-16,20-23,33H,5,8,11-13,29H2,1-4H3,(H,34,37)(H,35,39)(H,36,38)(H,40,41)(H4,30,31,32). The Bertz CT molecular complexity index is 1220. The van der Waals surface area contributed by atoms with Gasteiger partial charge in [-0.05, 0) is 36.3 Å². The molecule has 1 aromatic carbocycles. The van der Waals surface area contributed by atoms with Crippen molar-refractivity contribution in [3.63, 3.8) is 0 Å². The molecule has 1 heterocycles. The Kier molecular flexibility index (Phi) is 12.6. The highest BCUT2D eigenvalue weighted by Gasteiger charge is 2.33. The number of aromatic amines is 1. The van der Waals surface area contributed by atoms with E-state index in [0.29, 0.717) is 12.8 Å². The number of carbonyl (C=O) groups is 4. The summed E-state index contributed by atoms with van der Waals surface area (Å²) in [5.41, 5.74) is 18.3. The van der Waals surface area contributed by atoms with Crippen molar-refractivity contribution in [2.24, 2.45) is 34.0 Å². The number of amides is 3. The molecule has 5 atom stereocenters. The molecule has 3 amide bonds. The number of aliphatic imine (C=N–C) groups is 1. The van der Waals surface area contributed by atoms with Crippen LogP contribution in [0.1, 0.15) is 52.5 Å². The van der Waals surface area contributed by atoms with E-state index in [4.69, 9.17) is 17.2 Å². The molecule has 0 aliphatic carbocycles. The van der Waals surface area contributed by atoms with Crippen molar-refractivity contribution in [1.82, 2.24) is 20.9 Å². The summed E-state index contributed by atoms with van der Waals surface area (Å²) in [6.45, 7) is 7.51. The van der Waals surface area contributed by atoms with E-state index in [2.05, 4.69) is 25.9 Å². The second kappa shape index (κ2) is 15.6. The monoisotopic (exact) mass is 572 g/mol. The van der Waals surface area contributed by atoms with Crippen LogP contribution in [0, 0.1) is 11.8 Å². The lowest BCUT2D eigenvalue weighted by Crippen LogP contribution is -2.59. The third kappa shape index (κ3) is 9.78. The van der Waals surface area contributed by atoms with E-state index in [1.54, 1.807) is 20.0 Å². The lowest BCUT2D eigenvalue weighted by Gasteiger charge is -2.28. The van der Waals surface area contributed by atoms with Crippen LogP contribution in [0.15, 0.2) is 35.5 Å². The number of aromatic nitrogens is 1. The molecule has 1 aromatic heterocycles. The molecule has 13 nitrogen and oxygen atoms in total. The number of carboxylic acids is 1. The number of carbonyl (C=O) groups excluding carboxylic acids is 3. The van der Waals surface area contributed by atoms with Gasteiger partial charge in [-0.15, -0.1) is 0 Å². The number of nitrogens with one attached hydrogen (secondary N) is 4. The molecule has 0 saturated carbocycles. The zero-order chi connectivity index (χ0) is 30.7. The molecule has 2 aromatic rings. The summed E-state index contributed by atoms with van der Waals surface area (Å²) < 4.78 is 0. The van der Waals surface area contributed by atoms with E-state index in [9.17, 15) is 24.3 Å². The van der Waals surface area contributed by atoms with E-state index in [1.165, 1.54) is 0 Å². The molecule has 0 aliphatic heterocycles. The van der Waals surface area contributed by atoms with Crippen molar-refractivity contribution in [3.8, 4) is 0 Å². The summed E-state index contributed by atoms with van der Waals surface area (Å²) in [5.74, 6) is -3.46. The smallest absolute Gasteiger partial charge is 0.326 e. The first-order valence-corrected chi connectivity index (χ1v) is 13.9. The van der Waals surface area contributed by atoms with Crippen LogP contribution in [-0.2, 0) is 25.6 Å². The van der Waals surface area contributed by atoms with Gasteiger partial charge < -0.3 is 43.2 Å². The molecule has 5 unspecified atom stereocenters. The van der Waals surface area contributed by atoms with Gasteiger partial charge in [0, 0.05) is 30.1 Å². The molecular formula is C28H44N8O5. The van der Waals surface area contributed by atoms with Crippen LogP contribution in [0.3, 0.4) is 0 Å². The average molecular weight is 573 g/mol. The average Bonchev–Trinajstić information content (AvgIpc) is 3.34. The third-order valence-electron chi connectivity index (χ3n) is 7.11. The summed E-state index contributed by atoms with van der Waals surface area (Å²) in [5, 5.41) is 18.6. The number of para-hydroxylation sites is 1. The van der Waals surface area contributed by atoms with Crippen LogP contribution in [0.2, 0.25) is 0 Å². The summed E-state index contributed by atoms with van der Waals surface area (Å²) in [6.07, 6.45) is 2.79. The summed E-state index contributed by atoms with van der Waals surface area (Å²) in [4.78, 5) is 58.7. The van der Waals surface area contributed by atoms with Gasteiger partial charge in [-0.25, -0.2) is 4.79 Å². The molecule has 0 fully saturated rings. The first-order chi connectivity index (χ1) is 19.3. The topological polar surface area (TPSA) is 231 Å². The molecule has 0 bridgehead atoms.